The third-order valence-electron chi connectivity index (χ3n) is 2.85. The molecule has 1 unspecified atom stereocenters. The van der Waals surface area contributed by atoms with Gasteiger partial charge >= 0.3 is 0 Å². The van der Waals surface area contributed by atoms with Crippen molar-refractivity contribution in [3.63, 3.8) is 0 Å². The van der Waals surface area contributed by atoms with Gasteiger partial charge in [0, 0.05) is 37.4 Å². The molecule has 0 aliphatic carbocycles. The number of aromatic nitrogens is 2. The molecule has 0 amide bonds. The highest BCUT2D eigenvalue weighted by Gasteiger charge is 2.12. The summed E-state index contributed by atoms with van der Waals surface area (Å²) in [6.45, 7) is 9.84. The molecule has 1 rings (SSSR count). The summed E-state index contributed by atoms with van der Waals surface area (Å²) in [5.74, 6) is 1.22. The van der Waals surface area contributed by atoms with E-state index in [0.29, 0.717) is 12.1 Å². The van der Waals surface area contributed by atoms with E-state index < -0.39 is 0 Å². The van der Waals surface area contributed by atoms with E-state index >= 15 is 0 Å². The van der Waals surface area contributed by atoms with Gasteiger partial charge in [0.05, 0.1) is 0 Å². The van der Waals surface area contributed by atoms with Crippen LogP contribution in [-0.2, 0) is 6.42 Å². The molecule has 0 fully saturated rings. The van der Waals surface area contributed by atoms with Gasteiger partial charge < -0.3 is 9.88 Å². The lowest BCUT2D eigenvalue weighted by Crippen LogP contribution is -2.30. The van der Waals surface area contributed by atoms with Gasteiger partial charge in [0.25, 0.3) is 0 Å². The summed E-state index contributed by atoms with van der Waals surface area (Å²) in [7, 11) is 0. The molecule has 3 nitrogen and oxygen atoms in total. The molecule has 0 spiro atoms. The molecule has 0 saturated heterocycles. The van der Waals surface area contributed by atoms with Gasteiger partial charge in [-0.25, -0.2) is 4.98 Å². The smallest absolute Gasteiger partial charge is 0.108 e. The number of rotatable bonds is 7. The van der Waals surface area contributed by atoms with E-state index in [2.05, 4.69) is 48.8 Å². The van der Waals surface area contributed by atoms with Gasteiger partial charge in [-0.15, -0.1) is 0 Å². The van der Waals surface area contributed by atoms with E-state index in [0.717, 1.165) is 25.8 Å². The van der Waals surface area contributed by atoms with E-state index in [4.69, 9.17) is 0 Å². The molecule has 1 N–H and O–H groups in total. The van der Waals surface area contributed by atoms with Crippen molar-refractivity contribution in [3.8, 4) is 0 Å². The number of aryl methyl sites for hydroxylation is 1. The molecule has 0 radical (unpaired) electrons. The predicted octanol–water partition coefficient (Wildman–Crippen LogP) is 2.78. The zero-order chi connectivity index (χ0) is 12.0. The van der Waals surface area contributed by atoms with Crippen LogP contribution >= 0.6 is 0 Å². The lowest BCUT2D eigenvalue weighted by atomic mass is 10.2. The van der Waals surface area contributed by atoms with Crippen LogP contribution in [0.2, 0.25) is 0 Å². The molecular formula is C13H25N3. The fourth-order valence-electron chi connectivity index (χ4n) is 1.90. The zero-order valence-electron chi connectivity index (χ0n) is 11.0. The standard InChI is InChI=1S/C13H25N3/c1-5-7-13-14-8-9-16(13)12(6-2)10-15-11(3)4/h8-9,11-12,15H,5-7,10H2,1-4H3. The quantitative estimate of drug-likeness (QED) is 0.770. The van der Waals surface area contributed by atoms with Crippen molar-refractivity contribution < 1.29 is 0 Å². The molecular weight excluding hydrogens is 198 g/mol. The van der Waals surface area contributed by atoms with Crippen LogP contribution < -0.4 is 5.32 Å². The van der Waals surface area contributed by atoms with E-state index in [9.17, 15) is 0 Å². The highest BCUT2D eigenvalue weighted by Crippen LogP contribution is 2.14. The first kappa shape index (κ1) is 13.2. The lowest BCUT2D eigenvalue weighted by molar-refractivity contribution is 0.415. The van der Waals surface area contributed by atoms with E-state index in [1.165, 1.54) is 5.82 Å². The lowest BCUT2D eigenvalue weighted by Gasteiger charge is -2.21. The number of nitrogens with one attached hydrogen (secondary N) is 1. The predicted molar refractivity (Wildman–Crippen MR) is 68.7 cm³/mol. The monoisotopic (exact) mass is 223 g/mol. The third-order valence-corrected chi connectivity index (χ3v) is 2.85. The van der Waals surface area contributed by atoms with Gasteiger partial charge in [-0.05, 0) is 12.8 Å². The highest BCUT2D eigenvalue weighted by atomic mass is 15.1. The Bertz CT molecular complexity index is 291. The van der Waals surface area contributed by atoms with Gasteiger partial charge in [-0.2, -0.15) is 0 Å². The van der Waals surface area contributed by atoms with Crippen LogP contribution in [0, 0.1) is 0 Å². The Morgan fingerprint density at radius 2 is 2.12 bits per heavy atom. The highest BCUT2D eigenvalue weighted by molar-refractivity contribution is 4.95. The van der Waals surface area contributed by atoms with Crippen LogP contribution in [0.3, 0.4) is 0 Å². The zero-order valence-corrected chi connectivity index (χ0v) is 11.0. The van der Waals surface area contributed by atoms with Crippen LogP contribution in [0.5, 0.6) is 0 Å². The first-order valence-electron chi connectivity index (χ1n) is 6.44. The maximum Gasteiger partial charge on any atom is 0.108 e. The topological polar surface area (TPSA) is 29.9 Å². The Morgan fingerprint density at radius 3 is 2.69 bits per heavy atom. The number of hydrogen-bond donors (Lipinski definition) is 1. The van der Waals surface area contributed by atoms with E-state index in [-0.39, 0.29) is 0 Å². The maximum absolute atomic E-state index is 4.44. The third kappa shape index (κ3) is 3.63. The second-order valence-corrected chi connectivity index (χ2v) is 4.63. The molecule has 1 aromatic rings. The minimum absolute atomic E-state index is 0.534. The van der Waals surface area contributed by atoms with E-state index in [1.54, 1.807) is 0 Å². The first-order chi connectivity index (χ1) is 7.69. The van der Waals surface area contributed by atoms with Crippen molar-refractivity contribution in [1.29, 1.82) is 0 Å². The molecule has 0 bridgehead atoms. The Kier molecular flexibility index (Phi) is 5.53. The summed E-state index contributed by atoms with van der Waals surface area (Å²) in [5.41, 5.74) is 0. The van der Waals surface area contributed by atoms with Gasteiger partial charge in [0.2, 0.25) is 0 Å². The first-order valence-corrected chi connectivity index (χ1v) is 6.44. The number of imidazole rings is 1. The molecule has 0 aliphatic heterocycles. The molecule has 1 aromatic heterocycles. The number of hydrogen-bond acceptors (Lipinski definition) is 2. The molecule has 0 aliphatic rings. The van der Waals surface area contributed by atoms with Crippen molar-refractivity contribution in [1.82, 2.24) is 14.9 Å². The normalized spacial score (nSPS) is 13.3. The van der Waals surface area contributed by atoms with Crippen LogP contribution in [0.15, 0.2) is 12.4 Å². The minimum Gasteiger partial charge on any atom is -0.331 e. The van der Waals surface area contributed by atoms with Crippen molar-refractivity contribution in [2.24, 2.45) is 0 Å². The second kappa shape index (κ2) is 6.69. The Balaban J connectivity index is 2.66. The molecule has 0 saturated carbocycles. The van der Waals surface area contributed by atoms with Crippen LogP contribution in [0.25, 0.3) is 0 Å². The van der Waals surface area contributed by atoms with Crippen molar-refractivity contribution in [3.05, 3.63) is 18.2 Å². The van der Waals surface area contributed by atoms with Gasteiger partial charge in [0.15, 0.2) is 0 Å². The Morgan fingerprint density at radius 1 is 1.38 bits per heavy atom. The van der Waals surface area contributed by atoms with Gasteiger partial charge in [-0.3, -0.25) is 0 Å². The van der Waals surface area contributed by atoms with Gasteiger partial charge in [-0.1, -0.05) is 27.7 Å². The van der Waals surface area contributed by atoms with E-state index in [1.807, 2.05) is 6.20 Å². The van der Waals surface area contributed by atoms with Crippen LogP contribution in [-0.4, -0.2) is 22.1 Å². The number of nitrogens with zero attached hydrogens (tertiary/aromatic N) is 2. The average Bonchev–Trinajstić information content (AvgIpc) is 2.68. The second-order valence-electron chi connectivity index (χ2n) is 4.63. The summed E-state index contributed by atoms with van der Waals surface area (Å²) in [6, 6.07) is 1.08. The molecule has 16 heavy (non-hydrogen) atoms. The molecule has 92 valence electrons. The summed E-state index contributed by atoms with van der Waals surface area (Å²) >= 11 is 0. The largest absolute Gasteiger partial charge is 0.331 e. The minimum atomic E-state index is 0.534. The van der Waals surface area contributed by atoms with Crippen molar-refractivity contribution in [2.45, 2.75) is 59.0 Å². The van der Waals surface area contributed by atoms with Crippen LogP contribution in [0.1, 0.15) is 52.4 Å². The SMILES string of the molecule is CCCc1nccn1C(CC)CNC(C)C. The molecule has 3 heteroatoms. The van der Waals surface area contributed by atoms with Crippen molar-refractivity contribution >= 4 is 0 Å². The van der Waals surface area contributed by atoms with Crippen molar-refractivity contribution in [2.75, 3.05) is 6.54 Å². The summed E-state index contributed by atoms with van der Waals surface area (Å²) < 4.78 is 2.33. The molecule has 1 atom stereocenters. The summed E-state index contributed by atoms with van der Waals surface area (Å²) in [6.07, 6.45) is 7.41. The average molecular weight is 223 g/mol. The fourth-order valence-corrected chi connectivity index (χ4v) is 1.90. The molecule has 0 aromatic carbocycles. The van der Waals surface area contributed by atoms with Crippen LogP contribution in [0.4, 0.5) is 0 Å². The Hall–Kier alpha value is -0.830. The fraction of sp³-hybridized carbons (Fsp3) is 0.769. The maximum atomic E-state index is 4.44. The molecule has 1 heterocycles. The van der Waals surface area contributed by atoms with Gasteiger partial charge in [0.1, 0.15) is 5.82 Å². The summed E-state index contributed by atoms with van der Waals surface area (Å²) in [4.78, 5) is 4.44. The Labute approximate surface area is 99.3 Å². The summed E-state index contributed by atoms with van der Waals surface area (Å²) in [5, 5.41) is 3.51.